The molecule has 19 heavy (non-hydrogen) atoms. The molecule has 0 aromatic carbocycles. The Morgan fingerprint density at radius 1 is 1.21 bits per heavy atom. The lowest BCUT2D eigenvalue weighted by atomic mass is 9.78. The predicted octanol–water partition coefficient (Wildman–Crippen LogP) is 1.81. The van der Waals surface area contributed by atoms with Gasteiger partial charge in [0.05, 0.1) is 5.92 Å². The van der Waals surface area contributed by atoms with E-state index in [1.807, 2.05) is 20.8 Å². The lowest BCUT2D eigenvalue weighted by Crippen LogP contribution is -2.46. The number of hydrogen-bond donors (Lipinski definition) is 2. The molecule has 0 spiro atoms. The largest absolute Gasteiger partial charge is 0.481 e. The fraction of sp³-hybridized carbons (Fsp3) is 0.857. The molecule has 1 aliphatic rings. The van der Waals surface area contributed by atoms with E-state index < -0.39 is 11.6 Å². The van der Waals surface area contributed by atoms with Crippen LogP contribution in [0, 0.1) is 11.8 Å². The maximum absolute atomic E-state index is 12.1. The van der Waals surface area contributed by atoms with Crippen LogP contribution in [0.1, 0.15) is 46.5 Å². The van der Waals surface area contributed by atoms with Crippen molar-refractivity contribution >= 4 is 11.9 Å². The van der Waals surface area contributed by atoms with Crippen molar-refractivity contribution in [1.29, 1.82) is 0 Å². The summed E-state index contributed by atoms with van der Waals surface area (Å²) in [6.07, 6.45) is 2.78. The Morgan fingerprint density at radius 3 is 2.11 bits per heavy atom. The molecule has 2 N–H and O–H groups in total. The number of nitrogens with one attached hydrogen (secondary N) is 1. The number of carbonyl (C=O) groups is 2. The molecule has 5 nitrogen and oxygen atoms in total. The number of rotatable bonds is 4. The molecule has 110 valence electrons. The molecule has 0 aromatic heterocycles. The molecule has 5 heteroatoms. The van der Waals surface area contributed by atoms with Gasteiger partial charge >= 0.3 is 11.9 Å². The van der Waals surface area contributed by atoms with Crippen LogP contribution in [0.2, 0.25) is 0 Å². The Bertz CT molecular complexity index is 327. The maximum Gasteiger partial charge on any atom is 0.323 e. The minimum atomic E-state index is -0.725. The van der Waals surface area contributed by atoms with Crippen molar-refractivity contribution in [3.63, 3.8) is 0 Å². The molecule has 0 saturated heterocycles. The van der Waals surface area contributed by atoms with Crippen molar-refractivity contribution in [1.82, 2.24) is 5.32 Å². The number of hydrogen-bond acceptors (Lipinski definition) is 4. The summed E-state index contributed by atoms with van der Waals surface area (Å²) >= 11 is 0. The van der Waals surface area contributed by atoms with Gasteiger partial charge in [-0.25, -0.2) is 0 Å². The van der Waals surface area contributed by atoms with Crippen molar-refractivity contribution < 1.29 is 19.4 Å². The molecule has 0 bridgehead atoms. The highest BCUT2D eigenvalue weighted by Gasteiger charge is 2.35. The molecule has 1 atom stereocenters. The highest BCUT2D eigenvalue weighted by atomic mass is 16.6. The van der Waals surface area contributed by atoms with E-state index in [9.17, 15) is 9.59 Å². The molecule has 1 saturated carbocycles. The molecule has 0 aromatic rings. The summed E-state index contributed by atoms with van der Waals surface area (Å²) in [6, 6.07) is -0.339. The first-order chi connectivity index (χ1) is 8.74. The van der Waals surface area contributed by atoms with Crippen molar-refractivity contribution in [2.75, 3.05) is 7.05 Å². The summed E-state index contributed by atoms with van der Waals surface area (Å²) in [5.74, 6) is -1.06. The summed E-state index contributed by atoms with van der Waals surface area (Å²) in [6.45, 7) is 5.54. The van der Waals surface area contributed by atoms with Gasteiger partial charge in [-0.3, -0.25) is 9.59 Å². The van der Waals surface area contributed by atoms with Crippen LogP contribution in [-0.2, 0) is 14.3 Å². The van der Waals surface area contributed by atoms with Gasteiger partial charge in [-0.1, -0.05) is 0 Å². The Balaban J connectivity index is 2.57. The van der Waals surface area contributed by atoms with E-state index >= 15 is 0 Å². The van der Waals surface area contributed by atoms with Gasteiger partial charge in [-0.2, -0.15) is 0 Å². The van der Waals surface area contributed by atoms with E-state index in [0.29, 0.717) is 12.8 Å². The van der Waals surface area contributed by atoms with E-state index in [1.165, 1.54) is 0 Å². The van der Waals surface area contributed by atoms with Crippen molar-refractivity contribution in [2.24, 2.45) is 11.8 Å². The second-order valence-corrected chi connectivity index (χ2v) is 6.25. The van der Waals surface area contributed by atoms with Crippen LogP contribution in [-0.4, -0.2) is 35.7 Å². The van der Waals surface area contributed by atoms with Crippen molar-refractivity contribution in [2.45, 2.75) is 58.1 Å². The molecule has 1 unspecified atom stereocenters. The van der Waals surface area contributed by atoms with Crippen LogP contribution in [0.15, 0.2) is 0 Å². The van der Waals surface area contributed by atoms with Gasteiger partial charge in [0.25, 0.3) is 0 Å². The lowest BCUT2D eigenvalue weighted by Gasteiger charge is -2.32. The first kappa shape index (κ1) is 16.0. The Hall–Kier alpha value is -1.10. The molecular formula is C14H25NO4. The van der Waals surface area contributed by atoms with Crippen LogP contribution < -0.4 is 5.32 Å². The number of likely N-dealkylation sites (N-methyl/N-ethyl adjacent to an activating group) is 1. The van der Waals surface area contributed by atoms with Crippen molar-refractivity contribution in [3.05, 3.63) is 0 Å². The topological polar surface area (TPSA) is 75.6 Å². The third-order valence-corrected chi connectivity index (χ3v) is 3.56. The number of ether oxygens (including phenoxy) is 1. The van der Waals surface area contributed by atoms with Crippen LogP contribution in [0.5, 0.6) is 0 Å². The second kappa shape index (κ2) is 6.37. The zero-order valence-corrected chi connectivity index (χ0v) is 12.2. The van der Waals surface area contributed by atoms with Gasteiger partial charge in [0, 0.05) is 0 Å². The van der Waals surface area contributed by atoms with Gasteiger partial charge in [0.1, 0.15) is 11.6 Å². The summed E-state index contributed by atoms with van der Waals surface area (Å²) < 4.78 is 5.40. The average molecular weight is 271 g/mol. The van der Waals surface area contributed by atoms with Gasteiger partial charge in [-0.05, 0) is 59.4 Å². The number of carboxylic acids is 1. The molecule has 0 heterocycles. The van der Waals surface area contributed by atoms with Gasteiger partial charge in [0.15, 0.2) is 0 Å². The molecule has 0 aliphatic heterocycles. The van der Waals surface area contributed by atoms with Crippen molar-refractivity contribution in [3.8, 4) is 0 Å². The first-order valence-electron chi connectivity index (χ1n) is 6.87. The first-order valence-corrected chi connectivity index (χ1v) is 6.87. The van der Waals surface area contributed by atoms with Crippen LogP contribution in [0.25, 0.3) is 0 Å². The Morgan fingerprint density at radius 2 is 1.74 bits per heavy atom. The monoisotopic (exact) mass is 271 g/mol. The third-order valence-electron chi connectivity index (χ3n) is 3.56. The molecule has 0 radical (unpaired) electrons. The molecular weight excluding hydrogens is 246 g/mol. The highest BCUT2D eigenvalue weighted by molar-refractivity contribution is 5.76. The number of carbonyl (C=O) groups excluding carboxylic acids is 1. The van der Waals surface area contributed by atoms with E-state index in [-0.39, 0.29) is 23.8 Å². The normalized spacial score (nSPS) is 25.7. The second-order valence-electron chi connectivity index (χ2n) is 6.25. The van der Waals surface area contributed by atoms with Crippen LogP contribution >= 0.6 is 0 Å². The standard InChI is InChI=1S/C14H25NO4/c1-14(2,3)19-13(18)11(15-4)9-5-7-10(8-6-9)12(16)17/h9-11,15H,5-8H2,1-4H3,(H,16,17). The minimum absolute atomic E-state index is 0.162. The summed E-state index contributed by atoms with van der Waals surface area (Å²) in [5, 5.41) is 12.0. The Kier molecular flexibility index (Phi) is 5.35. The number of esters is 1. The molecule has 1 rings (SSSR count). The maximum atomic E-state index is 12.1. The highest BCUT2D eigenvalue weighted by Crippen LogP contribution is 2.31. The van der Waals surface area contributed by atoms with E-state index in [2.05, 4.69) is 5.32 Å². The van der Waals surface area contributed by atoms with E-state index in [4.69, 9.17) is 9.84 Å². The van der Waals surface area contributed by atoms with E-state index in [0.717, 1.165) is 12.8 Å². The fourth-order valence-corrected chi connectivity index (χ4v) is 2.61. The quantitative estimate of drug-likeness (QED) is 0.763. The number of carboxylic acid groups (broad SMARTS) is 1. The minimum Gasteiger partial charge on any atom is -0.481 e. The summed E-state index contributed by atoms with van der Waals surface area (Å²) in [4.78, 5) is 23.0. The van der Waals surface area contributed by atoms with Gasteiger partial charge in [0.2, 0.25) is 0 Å². The van der Waals surface area contributed by atoms with Crippen LogP contribution in [0.4, 0.5) is 0 Å². The van der Waals surface area contributed by atoms with Gasteiger partial charge < -0.3 is 15.2 Å². The van der Waals surface area contributed by atoms with Gasteiger partial charge in [-0.15, -0.1) is 0 Å². The zero-order chi connectivity index (χ0) is 14.6. The molecule has 1 fully saturated rings. The molecule has 1 aliphatic carbocycles. The smallest absolute Gasteiger partial charge is 0.323 e. The predicted molar refractivity (Wildman–Crippen MR) is 71.8 cm³/mol. The fourth-order valence-electron chi connectivity index (χ4n) is 2.61. The Labute approximate surface area is 114 Å². The average Bonchev–Trinajstić information content (AvgIpc) is 2.28. The summed E-state index contributed by atoms with van der Waals surface area (Å²) in [5.41, 5.74) is -0.496. The third kappa shape index (κ3) is 4.82. The number of aliphatic carboxylic acids is 1. The lowest BCUT2D eigenvalue weighted by molar-refractivity contribution is -0.159. The van der Waals surface area contributed by atoms with Crippen LogP contribution in [0.3, 0.4) is 0 Å². The molecule has 0 amide bonds. The zero-order valence-electron chi connectivity index (χ0n) is 12.2. The van der Waals surface area contributed by atoms with E-state index in [1.54, 1.807) is 7.05 Å². The summed E-state index contributed by atoms with van der Waals surface area (Å²) in [7, 11) is 1.75. The SMILES string of the molecule is CNC(C(=O)OC(C)(C)C)C1CCC(C(=O)O)CC1.